The molecule has 0 aromatic carbocycles. The van der Waals surface area contributed by atoms with Crippen LogP contribution in [0.1, 0.15) is 6.23 Å². The first-order valence-electron chi connectivity index (χ1n) is 5.35. The van der Waals surface area contributed by atoms with E-state index in [2.05, 4.69) is 4.52 Å². The Balaban J connectivity index is 2.34. The van der Waals surface area contributed by atoms with Gasteiger partial charge in [-0.05, 0) is 0 Å². The second-order valence-corrected chi connectivity index (χ2v) is 5.02. The van der Waals surface area contributed by atoms with Crippen LogP contribution in [0, 0.1) is 0 Å². The van der Waals surface area contributed by atoms with Crippen LogP contribution >= 0.6 is 20.3 Å². The smallest absolute Gasteiger partial charge is 0.330 e. The summed E-state index contributed by atoms with van der Waals surface area (Å²) in [7, 11) is -0.671. The summed E-state index contributed by atoms with van der Waals surface area (Å²) >= 11 is 5.57. The van der Waals surface area contributed by atoms with Crippen molar-refractivity contribution in [1.82, 2.24) is 9.55 Å². The molecule has 1 aromatic rings. The summed E-state index contributed by atoms with van der Waals surface area (Å²) in [5.74, 6) is 0. The van der Waals surface area contributed by atoms with Crippen molar-refractivity contribution >= 4 is 20.3 Å². The summed E-state index contributed by atoms with van der Waals surface area (Å²) in [5, 5.41) is 6.91. The molecule has 0 bridgehead atoms. The first kappa shape index (κ1) is 15.3. The fraction of sp³-hybridized carbons (Fsp3) is 0.556. The monoisotopic (exact) mass is 326 g/mol. The van der Waals surface area contributed by atoms with E-state index in [-0.39, 0.29) is 6.61 Å². The lowest BCUT2D eigenvalue weighted by molar-refractivity contribution is -0.0463. The van der Waals surface area contributed by atoms with Gasteiger partial charge in [0.1, 0.15) is 12.2 Å². The summed E-state index contributed by atoms with van der Waals surface area (Å²) in [4.78, 5) is 24.4. The predicted octanol–water partition coefficient (Wildman–Crippen LogP) is -0.0772. The van der Waals surface area contributed by atoms with Crippen LogP contribution in [0.25, 0.3) is 0 Å². The van der Waals surface area contributed by atoms with Crippen molar-refractivity contribution in [2.24, 2.45) is 0 Å². The van der Waals surface area contributed by atoms with Gasteiger partial charge in [0.15, 0.2) is 6.23 Å². The molecule has 20 heavy (non-hydrogen) atoms. The number of aliphatic hydroxyl groups is 1. The zero-order chi connectivity index (χ0) is 14.9. The van der Waals surface area contributed by atoms with E-state index < -0.39 is 43.5 Å². The molecular formula is C9H9ClFN2O6P. The second kappa shape index (κ2) is 5.71. The number of halogens is 2. The molecule has 1 fully saturated rings. The van der Waals surface area contributed by atoms with E-state index in [9.17, 15) is 23.7 Å². The van der Waals surface area contributed by atoms with Gasteiger partial charge in [-0.1, -0.05) is 11.6 Å². The Morgan fingerprint density at radius 2 is 2.35 bits per heavy atom. The van der Waals surface area contributed by atoms with Gasteiger partial charge in [0.25, 0.3) is 10.7 Å². The number of aliphatic hydroxyl groups excluding tert-OH is 1. The van der Waals surface area contributed by atoms with E-state index in [1.807, 2.05) is 4.98 Å². The molecule has 11 heteroatoms. The molecule has 2 heterocycles. The number of rotatable bonds is 4. The van der Waals surface area contributed by atoms with Crippen LogP contribution in [0.5, 0.6) is 0 Å². The van der Waals surface area contributed by atoms with Crippen LogP contribution in [0.4, 0.5) is 4.39 Å². The number of ether oxygens (including phenoxy) is 1. The first-order valence-corrected chi connectivity index (χ1v) is 6.46. The SMILES string of the molecule is O=POC[C@H]1O[C@@H](n2ccc(=O)[nH]c2=O)[C@@](F)(Cl)[C@@H]1O. The van der Waals surface area contributed by atoms with Crippen molar-refractivity contribution in [3.05, 3.63) is 33.1 Å². The van der Waals surface area contributed by atoms with Gasteiger partial charge in [0, 0.05) is 12.3 Å². The highest BCUT2D eigenvalue weighted by Crippen LogP contribution is 2.44. The average Bonchev–Trinajstić information content (AvgIpc) is 2.60. The summed E-state index contributed by atoms with van der Waals surface area (Å²) in [6, 6.07) is 0.976. The Bertz CT molecular complexity index is 619. The Morgan fingerprint density at radius 3 is 2.95 bits per heavy atom. The van der Waals surface area contributed by atoms with Crippen molar-refractivity contribution < 1.29 is 23.3 Å². The maximum atomic E-state index is 14.3. The fourth-order valence-electron chi connectivity index (χ4n) is 1.82. The molecular weight excluding hydrogens is 318 g/mol. The maximum Gasteiger partial charge on any atom is 0.330 e. The highest BCUT2D eigenvalue weighted by atomic mass is 35.5. The Labute approximate surface area is 117 Å². The molecule has 0 saturated carbocycles. The molecule has 110 valence electrons. The van der Waals surface area contributed by atoms with Crippen LogP contribution in [0.2, 0.25) is 0 Å². The lowest BCUT2D eigenvalue weighted by Crippen LogP contribution is -2.41. The van der Waals surface area contributed by atoms with Gasteiger partial charge in [-0.2, -0.15) is 0 Å². The average molecular weight is 327 g/mol. The number of aromatic nitrogens is 2. The quantitative estimate of drug-likeness (QED) is 0.591. The van der Waals surface area contributed by atoms with E-state index in [1.54, 1.807) is 0 Å². The first-order chi connectivity index (χ1) is 9.37. The Kier molecular flexibility index (Phi) is 4.36. The highest BCUT2D eigenvalue weighted by Gasteiger charge is 2.57. The second-order valence-electron chi connectivity index (χ2n) is 4.03. The van der Waals surface area contributed by atoms with Crippen LogP contribution in [0.3, 0.4) is 0 Å². The van der Waals surface area contributed by atoms with E-state index in [4.69, 9.17) is 16.3 Å². The number of H-pyrrole nitrogens is 1. The largest absolute Gasteiger partial charge is 0.385 e. The topological polar surface area (TPSA) is 111 Å². The molecule has 2 rings (SSSR count). The summed E-state index contributed by atoms with van der Waals surface area (Å²) < 4.78 is 34.8. The van der Waals surface area contributed by atoms with Gasteiger partial charge >= 0.3 is 14.4 Å². The molecule has 2 N–H and O–H groups in total. The van der Waals surface area contributed by atoms with E-state index in [1.165, 1.54) is 0 Å². The molecule has 0 radical (unpaired) electrons. The van der Waals surface area contributed by atoms with Crippen molar-refractivity contribution in [2.45, 2.75) is 23.6 Å². The predicted molar refractivity (Wildman–Crippen MR) is 64.5 cm³/mol. The summed E-state index contributed by atoms with van der Waals surface area (Å²) in [6.07, 6.45) is -3.71. The van der Waals surface area contributed by atoms with Gasteiger partial charge < -0.3 is 9.84 Å². The van der Waals surface area contributed by atoms with E-state index in [0.717, 1.165) is 12.3 Å². The molecule has 0 unspecified atom stereocenters. The minimum atomic E-state index is -2.81. The molecule has 0 amide bonds. The lowest BCUT2D eigenvalue weighted by Gasteiger charge is -2.22. The standard InChI is InChI=1S/C9H9ClFN2O6P/c10-9(11)6(15)4(3-18-20-17)19-7(9)13-2-1-5(14)12-8(13)16/h1-2,4,6-7,15H,3H2,(H,12,14,16)/t4-,6-,7-,9-/m1/s1. The number of nitrogens with zero attached hydrogens (tertiary/aromatic N) is 1. The van der Waals surface area contributed by atoms with E-state index >= 15 is 0 Å². The van der Waals surface area contributed by atoms with Gasteiger partial charge in [-0.3, -0.25) is 18.9 Å². The fourth-order valence-corrected chi connectivity index (χ4v) is 2.33. The summed E-state index contributed by atoms with van der Waals surface area (Å²) in [5.41, 5.74) is -1.62. The maximum absolute atomic E-state index is 14.3. The summed E-state index contributed by atoms with van der Waals surface area (Å²) in [6.45, 7) is -0.390. The normalized spacial score (nSPS) is 33.6. The van der Waals surface area contributed by atoms with Gasteiger partial charge in [-0.25, -0.2) is 13.8 Å². The third kappa shape index (κ3) is 2.68. The number of aromatic amines is 1. The van der Waals surface area contributed by atoms with Crippen LogP contribution in [-0.4, -0.2) is 38.6 Å². The highest BCUT2D eigenvalue weighted by molar-refractivity contribution is 7.17. The lowest BCUT2D eigenvalue weighted by atomic mass is 10.1. The zero-order valence-electron chi connectivity index (χ0n) is 9.73. The molecule has 1 aromatic heterocycles. The molecule has 4 atom stereocenters. The molecule has 0 spiro atoms. The number of nitrogens with one attached hydrogen (secondary N) is 1. The van der Waals surface area contributed by atoms with Gasteiger partial charge in [0.2, 0.25) is 0 Å². The van der Waals surface area contributed by atoms with Gasteiger partial charge in [0.05, 0.1) is 6.61 Å². The van der Waals surface area contributed by atoms with Crippen LogP contribution in [-0.2, 0) is 13.8 Å². The molecule has 8 nitrogen and oxygen atoms in total. The number of alkyl halides is 2. The van der Waals surface area contributed by atoms with Crippen molar-refractivity contribution in [1.29, 1.82) is 0 Å². The van der Waals surface area contributed by atoms with Crippen molar-refractivity contribution in [2.75, 3.05) is 6.61 Å². The third-order valence-electron chi connectivity index (χ3n) is 2.77. The molecule has 1 saturated heterocycles. The van der Waals surface area contributed by atoms with Gasteiger partial charge in [-0.15, -0.1) is 0 Å². The van der Waals surface area contributed by atoms with Crippen molar-refractivity contribution in [3.63, 3.8) is 0 Å². The van der Waals surface area contributed by atoms with E-state index in [0.29, 0.717) is 4.57 Å². The Hall–Kier alpha value is -1.12. The minimum absolute atomic E-state index is 0.390. The molecule has 1 aliphatic heterocycles. The molecule has 0 aliphatic carbocycles. The minimum Gasteiger partial charge on any atom is -0.385 e. The molecule has 1 aliphatic rings. The third-order valence-corrected chi connectivity index (χ3v) is 3.44. The number of hydrogen-bond acceptors (Lipinski definition) is 6. The number of hydrogen-bond donors (Lipinski definition) is 2. The van der Waals surface area contributed by atoms with Crippen LogP contribution < -0.4 is 11.2 Å². The van der Waals surface area contributed by atoms with Crippen molar-refractivity contribution in [3.8, 4) is 0 Å². The Morgan fingerprint density at radius 1 is 1.65 bits per heavy atom. The zero-order valence-corrected chi connectivity index (χ0v) is 11.4. The van der Waals surface area contributed by atoms with Crippen LogP contribution in [0.15, 0.2) is 21.9 Å².